The largest absolute Gasteiger partial charge is 0.354 e. The molecule has 0 spiro atoms. The summed E-state index contributed by atoms with van der Waals surface area (Å²) in [6.07, 6.45) is 7.02. The van der Waals surface area contributed by atoms with Gasteiger partial charge in [-0.2, -0.15) is 0 Å². The van der Waals surface area contributed by atoms with Gasteiger partial charge in [-0.25, -0.2) is 9.82 Å². The van der Waals surface area contributed by atoms with Crippen molar-refractivity contribution in [2.24, 2.45) is 0 Å². The molecule has 2 atom stereocenters. The van der Waals surface area contributed by atoms with Gasteiger partial charge in [0.05, 0.1) is 0 Å². The van der Waals surface area contributed by atoms with Crippen LogP contribution in [-0.2, 0) is 10.2 Å². The molecule has 132 valence electrons. The lowest BCUT2D eigenvalue weighted by Crippen LogP contribution is -2.47. The summed E-state index contributed by atoms with van der Waals surface area (Å²) >= 11 is 0. The minimum Gasteiger partial charge on any atom is -0.354 e. The minimum absolute atomic E-state index is 0.0173. The van der Waals surface area contributed by atoms with E-state index in [1.54, 1.807) is 6.07 Å². The maximum atomic E-state index is 14.3. The number of hydrogen-bond acceptors (Lipinski definition) is 3. The van der Waals surface area contributed by atoms with Crippen molar-refractivity contribution >= 4 is 5.91 Å². The summed E-state index contributed by atoms with van der Waals surface area (Å²) in [4.78, 5) is 12.5. The van der Waals surface area contributed by atoms with E-state index in [2.05, 4.69) is 23.1 Å². The minimum atomic E-state index is -0.254. The topological polar surface area (TPSA) is 53.2 Å². The molecule has 0 radical (unpaired) electrons. The molecule has 0 bridgehead atoms. The molecule has 2 fully saturated rings. The highest BCUT2D eigenvalue weighted by atomic mass is 19.1. The van der Waals surface area contributed by atoms with E-state index < -0.39 is 0 Å². The molecule has 1 aromatic rings. The first-order valence-corrected chi connectivity index (χ1v) is 9.18. The van der Waals surface area contributed by atoms with Gasteiger partial charge in [0.25, 0.3) is 0 Å². The third-order valence-corrected chi connectivity index (χ3v) is 5.54. The molecule has 1 aliphatic carbocycles. The zero-order valence-electron chi connectivity index (χ0n) is 14.4. The van der Waals surface area contributed by atoms with Gasteiger partial charge in [-0.15, -0.1) is 0 Å². The fraction of sp³-hybridized carbons (Fsp3) is 0.632. The molecule has 1 aliphatic heterocycles. The summed E-state index contributed by atoms with van der Waals surface area (Å²) in [5, 5.41) is 3.09. The van der Waals surface area contributed by atoms with Crippen LogP contribution < -0.4 is 16.2 Å². The molecule has 1 saturated carbocycles. The van der Waals surface area contributed by atoms with Gasteiger partial charge in [0.2, 0.25) is 5.91 Å². The number of rotatable bonds is 6. The van der Waals surface area contributed by atoms with Crippen LogP contribution in [0.3, 0.4) is 0 Å². The van der Waals surface area contributed by atoms with Crippen molar-refractivity contribution in [2.75, 3.05) is 6.54 Å². The van der Waals surface area contributed by atoms with Gasteiger partial charge in [-0.1, -0.05) is 44.4 Å². The summed E-state index contributed by atoms with van der Waals surface area (Å²) in [5.41, 5.74) is 6.79. The Morgan fingerprint density at radius 1 is 1.29 bits per heavy atom. The molecule has 4 nitrogen and oxygen atoms in total. The second kappa shape index (κ2) is 7.62. The van der Waals surface area contributed by atoms with Gasteiger partial charge in [-0.3, -0.25) is 10.2 Å². The number of halogens is 1. The maximum absolute atomic E-state index is 14.3. The van der Waals surface area contributed by atoms with Gasteiger partial charge in [0.1, 0.15) is 11.9 Å². The van der Waals surface area contributed by atoms with Crippen molar-refractivity contribution in [1.82, 2.24) is 16.2 Å². The first-order valence-electron chi connectivity index (χ1n) is 9.18. The van der Waals surface area contributed by atoms with Crippen molar-refractivity contribution in [3.8, 4) is 0 Å². The number of benzene rings is 1. The van der Waals surface area contributed by atoms with E-state index in [9.17, 15) is 9.18 Å². The van der Waals surface area contributed by atoms with E-state index in [4.69, 9.17) is 0 Å². The monoisotopic (exact) mass is 333 g/mol. The van der Waals surface area contributed by atoms with Crippen LogP contribution in [0.1, 0.15) is 57.4 Å². The smallest absolute Gasteiger partial charge is 0.238 e. The number of carbonyl (C=O) groups excluding carboxylic acids is 1. The van der Waals surface area contributed by atoms with Gasteiger partial charge in [-0.05, 0) is 37.3 Å². The van der Waals surface area contributed by atoms with Crippen LogP contribution in [-0.4, -0.2) is 24.5 Å². The Balaban J connectivity index is 1.63. The maximum Gasteiger partial charge on any atom is 0.238 e. The lowest BCUT2D eigenvalue weighted by atomic mass is 9.78. The van der Waals surface area contributed by atoms with Crippen LogP contribution in [0.25, 0.3) is 0 Å². The second-order valence-electron chi connectivity index (χ2n) is 7.25. The average Bonchev–Trinajstić information content (AvgIpc) is 3.24. The Hall–Kier alpha value is -1.46. The van der Waals surface area contributed by atoms with Crippen LogP contribution in [0.2, 0.25) is 0 Å². The van der Waals surface area contributed by atoms with E-state index in [0.717, 1.165) is 50.5 Å². The van der Waals surface area contributed by atoms with E-state index >= 15 is 0 Å². The lowest BCUT2D eigenvalue weighted by molar-refractivity contribution is -0.123. The van der Waals surface area contributed by atoms with Gasteiger partial charge in [0, 0.05) is 18.0 Å². The predicted molar refractivity (Wildman–Crippen MR) is 92.9 cm³/mol. The van der Waals surface area contributed by atoms with Gasteiger partial charge >= 0.3 is 0 Å². The Kier molecular flexibility index (Phi) is 5.51. The predicted octanol–water partition coefficient (Wildman–Crippen LogP) is 2.79. The Morgan fingerprint density at radius 2 is 2.04 bits per heavy atom. The Labute approximate surface area is 143 Å². The standard InChI is InChI=1S/C19H28FN3O/c1-2-7-14-12-17(23-22-14)18(24)21-13-19(10-5-6-11-19)15-8-3-4-9-16(15)20/h3-4,8-9,14,17,22-23H,2,5-7,10-13H2,1H3,(H,21,24). The second-order valence-corrected chi connectivity index (χ2v) is 7.25. The fourth-order valence-corrected chi connectivity index (χ4v) is 4.20. The molecule has 5 heteroatoms. The molecule has 3 rings (SSSR count). The molecule has 1 amide bonds. The fourth-order valence-electron chi connectivity index (χ4n) is 4.20. The van der Waals surface area contributed by atoms with Crippen molar-refractivity contribution in [3.05, 3.63) is 35.6 Å². The molecule has 2 unspecified atom stereocenters. The average molecular weight is 333 g/mol. The summed E-state index contributed by atoms with van der Waals surface area (Å²) in [5.74, 6) is -0.138. The van der Waals surface area contributed by atoms with E-state index in [1.807, 2.05) is 12.1 Å². The Bertz CT molecular complexity index is 571. The molecule has 1 heterocycles. The molecule has 2 aliphatic rings. The molecule has 3 N–H and O–H groups in total. The van der Waals surface area contributed by atoms with Crippen molar-refractivity contribution in [1.29, 1.82) is 0 Å². The summed E-state index contributed by atoms with van der Waals surface area (Å²) < 4.78 is 14.3. The van der Waals surface area contributed by atoms with Crippen LogP contribution in [0.15, 0.2) is 24.3 Å². The highest BCUT2D eigenvalue weighted by molar-refractivity contribution is 5.82. The van der Waals surface area contributed by atoms with Crippen molar-refractivity contribution in [2.45, 2.75) is 69.4 Å². The Morgan fingerprint density at radius 3 is 2.75 bits per heavy atom. The zero-order valence-corrected chi connectivity index (χ0v) is 14.4. The lowest BCUT2D eigenvalue weighted by Gasteiger charge is -2.30. The van der Waals surface area contributed by atoms with Gasteiger partial charge in [0.15, 0.2) is 0 Å². The first kappa shape index (κ1) is 17.4. The van der Waals surface area contributed by atoms with Crippen LogP contribution in [0, 0.1) is 5.82 Å². The first-order chi connectivity index (χ1) is 11.6. The quantitative estimate of drug-likeness (QED) is 0.750. The third-order valence-electron chi connectivity index (χ3n) is 5.54. The number of carbonyl (C=O) groups is 1. The zero-order chi connectivity index (χ0) is 17.0. The summed E-state index contributed by atoms with van der Waals surface area (Å²) in [6.45, 7) is 2.66. The van der Waals surface area contributed by atoms with Crippen LogP contribution in [0.4, 0.5) is 4.39 Å². The number of amides is 1. The highest BCUT2D eigenvalue weighted by Gasteiger charge is 2.38. The molecule has 0 aromatic heterocycles. The molecular weight excluding hydrogens is 305 g/mol. The van der Waals surface area contributed by atoms with Crippen molar-refractivity contribution < 1.29 is 9.18 Å². The normalized spacial score (nSPS) is 25.8. The number of hydrazine groups is 1. The molecule has 24 heavy (non-hydrogen) atoms. The van der Waals surface area contributed by atoms with Crippen LogP contribution >= 0.6 is 0 Å². The van der Waals surface area contributed by atoms with E-state index in [1.165, 1.54) is 6.07 Å². The van der Waals surface area contributed by atoms with Gasteiger partial charge < -0.3 is 5.32 Å². The van der Waals surface area contributed by atoms with E-state index in [-0.39, 0.29) is 23.2 Å². The molecule has 1 saturated heterocycles. The van der Waals surface area contributed by atoms with Crippen molar-refractivity contribution in [3.63, 3.8) is 0 Å². The van der Waals surface area contributed by atoms with Crippen LogP contribution in [0.5, 0.6) is 0 Å². The number of hydrogen-bond donors (Lipinski definition) is 3. The summed E-state index contributed by atoms with van der Waals surface area (Å²) in [6, 6.07) is 7.17. The highest BCUT2D eigenvalue weighted by Crippen LogP contribution is 2.41. The third kappa shape index (κ3) is 3.62. The molecule has 1 aromatic carbocycles. The number of nitrogens with one attached hydrogen (secondary N) is 3. The molecular formula is C19H28FN3O. The summed E-state index contributed by atoms with van der Waals surface area (Å²) in [7, 11) is 0. The SMILES string of the molecule is CCCC1CC(C(=O)NCC2(c3ccccc3F)CCCC2)NN1. The van der Waals surface area contributed by atoms with E-state index in [0.29, 0.717) is 12.6 Å².